The molecule has 0 fully saturated rings. The van der Waals surface area contributed by atoms with Crippen LogP contribution in [0.2, 0.25) is 0 Å². The zero-order chi connectivity index (χ0) is 14.8. The molecule has 1 aromatic heterocycles. The van der Waals surface area contributed by atoms with E-state index in [0.29, 0.717) is 0 Å². The Morgan fingerprint density at radius 2 is 2.05 bits per heavy atom. The third kappa shape index (κ3) is 2.97. The number of nitrogens with one attached hydrogen (secondary N) is 1. The van der Waals surface area contributed by atoms with E-state index in [0.717, 1.165) is 6.07 Å². The van der Waals surface area contributed by atoms with Gasteiger partial charge in [0.15, 0.2) is 11.6 Å². The summed E-state index contributed by atoms with van der Waals surface area (Å²) in [7, 11) is -2.53. The normalized spacial score (nSPS) is 11.1. The van der Waals surface area contributed by atoms with Gasteiger partial charge in [0.1, 0.15) is 5.82 Å². The maximum Gasteiger partial charge on any atom is 0.262 e. The SMILES string of the molecule is COc1cc(NS(=O)(=O)c2ccnc(N)c2)ccc1F. The summed E-state index contributed by atoms with van der Waals surface area (Å²) in [6.45, 7) is 0. The lowest BCUT2D eigenvalue weighted by Crippen LogP contribution is -2.13. The molecule has 0 aliphatic rings. The van der Waals surface area contributed by atoms with Crippen LogP contribution in [0, 0.1) is 5.82 Å². The largest absolute Gasteiger partial charge is 0.494 e. The average Bonchev–Trinajstić information content (AvgIpc) is 2.40. The van der Waals surface area contributed by atoms with Crippen molar-refractivity contribution in [3.63, 3.8) is 0 Å². The zero-order valence-electron chi connectivity index (χ0n) is 10.5. The number of nitrogens with zero attached hydrogens (tertiary/aromatic N) is 1. The fourth-order valence-electron chi connectivity index (χ4n) is 1.53. The number of hydrogen-bond donors (Lipinski definition) is 2. The van der Waals surface area contributed by atoms with Crippen LogP contribution >= 0.6 is 0 Å². The van der Waals surface area contributed by atoms with Gasteiger partial charge < -0.3 is 10.5 Å². The predicted octanol–water partition coefficient (Wildman–Crippen LogP) is 1.61. The Bertz CT molecular complexity index is 734. The Kier molecular flexibility index (Phi) is 3.75. The van der Waals surface area contributed by atoms with Crippen molar-refractivity contribution in [2.45, 2.75) is 4.90 Å². The summed E-state index contributed by atoms with van der Waals surface area (Å²) in [6.07, 6.45) is 1.29. The maximum absolute atomic E-state index is 13.3. The molecule has 1 aromatic carbocycles. The molecule has 0 spiro atoms. The number of benzene rings is 1. The second-order valence-corrected chi connectivity index (χ2v) is 5.55. The van der Waals surface area contributed by atoms with Crippen LogP contribution in [0.4, 0.5) is 15.9 Å². The first-order valence-electron chi connectivity index (χ1n) is 5.50. The molecule has 1 heterocycles. The Morgan fingerprint density at radius 1 is 1.30 bits per heavy atom. The third-order valence-corrected chi connectivity index (χ3v) is 3.85. The van der Waals surface area contributed by atoms with Crippen LogP contribution in [-0.4, -0.2) is 20.5 Å². The fourth-order valence-corrected chi connectivity index (χ4v) is 2.60. The lowest BCUT2D eigenvalue weighted by molar-refractivity contribution is 0.387. The van der Waals surface area contributed by atoms with Crippen molar-refractivity contribution in [3.8, 4) is 5.75 Å². The van der Waals surface area contributed by atoms with Crippen molar-refractivity contribution in [2.24, 2.45) is 0 Å². The van der Waals surface area contributed by atoms with Crippen LogP contribution in [0.25, 0.3) is 0 Å². The minimum absolute atomic E-state index is 0.0340. The average molecular weight is 297 g/mol. The van der Waals surface area contributed by atoms with Gasteiger partial charge in [-0.2, -0.15) is 0 Å². The molecule has 2 rings (SSSR count). The van der Waals surface area contributed by atoms with Crippen molar-refractivity contribution in [1.29, 1.82) is 0 Å². The van der Waals surface area contributed by atoms with Gasteiger partial charge in [0.25, 0.3) is 10.0 Å². The van der Waals surface area contributed by atoms with Crippen molar-refractivity contribution in [2.75, 3.05) is 17.6 Å². The number of rotatable bonds is 4. The number of anilines is 2. The predicted molar refractivity (Wildman–Crippen MR) is 72.4 cm³/mol. The number of sulfonamides is 1. The summed E-state index contributed by atoms with van der Waals surface area (Å²) in [4.78, 5) is 3.68. The summed E-state index contributed by atoms with van der Waals surface area (Å²) in [5.41, 5.74) is 5.62. The zero-order valence-corrected chi connectivity index (χ0v) is 11.3. The molecule has 8 heteroatoms. The molecule has 3 N–H and O–H groups in total. The van der Waals surface area contributed by atoms with Gasteiger partial charge in [-0.1, -0.05) is 0 Å². The first kappa shape index (κ1) is 14.1. The number of methoxy groups -OCH3 is 1. The van der Waals surface area contributed by atoms with Gasteiger partial charge in [0, 0.05) is 18.3 Å². The number of nitrogens with two attached hydrogens (primary N) is 1. The number of halogens is 1. The highest BCUT2D eigenvalue weighted by atomic mass is 32.2. The molecule has 0 atom stereocenters. The van der Waals surface area contributed by atoms with Gasteiger partial charge >= 0.3 is 0 Å². The third-order valence-electron chi connectivity index (χ3n) is 2.47. The van der Waals surface area contributed by atoms with Crippen LogP contribution < -0.4 is 15.2 Å². The first-order chi connectivity index (χ1) is 9.42. The summed E-state index contributed by atoms with van der Waals surface area (Å²) in [6, 6.07) is 6.18. The van der Waals surface area contributed by atoms with E-state index in [9.17, 15) is 12.8 Å². The monoisotopic (exact) mass is 297 g/mol. The number of aromatic nitrogens is 1. The number of ether oxygens (including phenoxy) is 1. The van der Waals surface area contributed by atoms with Gasteiger partial charge in [0.2, 0.25) is 0 Å². The van der Waals surface area contributed by atoms with Crippen LogP contribution in [-0.2, 0) is 10.0 Å². The van der Waals surface area contributed by atoms with E-state index < -0.39 is 15.8 Å². The second kappa shape index (κ2) is 5.33. The quantitative estimate of drug-likeness (QED) is 0.894. The molecule has 20 heavy (non-hydrogen) atoms. The highest BCUT2D eigenvalue weighted by molar-refractivity contribution is 7.92. The van der Waals surface area contributed by atoms with Crippen LogP contribution in [0.3, 0.4) is 0 Å². The number of hydrogen-bond acceptors (Lipinski definition) is 5. The lowest BCUT2D eigenvalue weighted by atomic mass is 10.3. The molecule has 2 aromatic rings. The van der Waals surface area contributed by atoms with E-state index in [1.807, 2.05) is 0 Å². The van der Waals surface area contributed by atoms with E-state index in [-0.39, 0.29) is 22.2 Å². The van der Waals surface area contributed by atoms with Crippen LogP contribution in [0.1, 0.15) is 0 Å². The van der Waals surface area contributed by atoms with Crippen LogP contribution in [0.5, 0.6) is 5.75 Å². The Balaban J connectivity index is 2.33. The molecule has 106 valence electrons. The van der Waals surface area contributed by atoms with Crippen molar-refractivity contribution in [1.82, 2.24) is 4.98 Å². The molecule has 0 unspecified atom stereocenters. The molecular formula is C12H12FN3O3S. The van der Waals surface area contributed by atoms with Gasteiger partial charge in [-0.3, -0.25) is 4.72 Å². The molecule has 0 amide bonds. The summed E-state index contributed by atoms with van der Waals surface area (Å²) >= 11 is 0. The lowest BCUT2D eigenvalue weighted by Gasteiger charge is -2.10. The minimum atomic E-state index is -3.82. The van der Waals surface area contributed by atoms with E-state index in [4.69, 9.17) is 10.5 Å². The summed E-state index contributed by atoms with van der Waals surface area (Å²) in [5, 5.41) is 0. The molecular weight excluding hydrogens is 285 g/mol. The van der Waals surface area contributed by atoms with Gasteiger partial charge in [-0.25, -0.2) is 17.8 Å². The van der Waals surface area contributed by atoms with Gasteiger partial charge in [-0.05, 0) is 18.2 Å². The second-order valence-electron chi connectivity index (χ2n) is 3.87. The maximum atomic E-state index is 13.3. The van der Waals surface area contributed by atoms with E-state index in [1.54, 1.807) is 0 Å². The highest BCUT2D eigenvalue weighted by Gasteiger charge is 2.15. The summed E-state index contributed by atoms with van der Waals surface area (Å²) in [5.74, 6) is -0.549. The molecule has 0 saturated carbocycles. The Hall–Kier alpha value is -2.35. The van der Waals surface area contributed by atoms with Gasteiger partial charge in [-0.15, -0.1) is 0 Å². The molecule has 0 radical (unpaired) electrons. The molecule has 0 saturated heterocycles. The van der Waals surface area contributed by atoms with Crippen LogP contribution in [0.15, 0.2) is 41.4 Å². The molecule has 0 aliphatic heterocycles. The van der Waals surface area contributed by atoms with E-state index >= 15 is 0 Å². The van der Waals surface area contributed by atoms with Gasteiger partial charge in [0.05, 0.1) is 17.7 Å². The van der Waals surface area contributed by atoms with E-state index in [1.165, 1.54) is 37.6 Å². The topological polar surface area (TPSA) is 94.3 Å². The fraction of sp³-hybridized carbons (Fsp3) is 0.0833. The first-order valence-corrected chi connectivity index (χ1v) is 6.98. The molecule has 6 nitrogen and oxygen atoms in total. The van der Waals surface area contributed by atoms with Crippen molar-refractivity contribution in [3.05, 3.63) is 42.3 Å². The molecule has 0 aliphatic carbocycles. The minimum Gasteiger partial charge on any atom is -0.494 e. The number of pyridine rings is 1. The molecule has 0 bridgehead atoms. The van der Waals surface area contributed by atoms with Crippen molar-refractivity contribution < 1.29 is 17.5 Å². The smallest absolute Gasteiger partial charge is 0.262 e. The standard InChI is InChI=1S/C12H12FN3O3S/c1-19-11-6-8(2-3-10(11)13)16-20(17,18)9-4-5-15-12(14)7-9/h2-7,16H,1H3,(H2,14,15). The Morgan fingerprint density at radius 3 is 2.70 bits per heavy atom. The summed E-state index contributed by atoms with van der Waals surface area (Å²) < 4.78 is 44.6. The van der Waals surface area contributed by atoms with Crippen molar-refractivity contribution >= 4 is 21.5 Å². The Labute approximate surface area is 115 Å². The highest BCUT2D eigenvalue weighted by Crippen LogP contribution is 2.23. The number of nitrogen functional groups attached to an aromatic ring is 1. The van der Waals surface area contributed by atoms with E-state index in [2.05, 4.69) is 9.71 Å².